The summed E-state index contributed by atoms with van der Waals surface area (Å²) >= 11 is 0. The molecular weight excluding hydrogens is 406 g/mol. The number of ketones is 1. The van der Waals surface area contributed by atoms with Crippen molar-refractivity contribution in [1.29, 1.82) is 0 Å². The predicted molar refractivity (Wildman–Crippen MR) is 124 cm³/mol. The van der Waals surface area contributed by atoms with E-state index in [1.807, 2.05) is 47.4 Å². The lowest BCUT2D eigenvalue weighted by atomic mass is 9.81. The molecule has 2 aromatic carbocycles. The van der Waals surface area contributed by atoms with Gasteiger partial charge in [0.15, 0.2) is 5.78 Å². The van der Waals surface area contributed by atoms with E-state index < -0.39 is 5.54 Å². The summed E-state index contributed by atoms with van der Waals surface area (Å²) in [6.07, 6.45) is 1.32. The van der Waals surface area contributed by atoms with E-state index in [0.29, 0.717) is 41.6 Å². The molecule has 8 heteroatoms. The van der Waals surface area contributed by atoms with Crippen LogP contribution in [0.25, 0.3) is 16.6 Å². The van der Waals surface area contributed by atoms with Crippen LogP contribution in [0.15, 0.2) is 48.3 Å². The van der Waals surface area contributed by atoms with Crippen molar-refractivity contribution in [1.82, 2.24) is 14.9 Å². The van der Waals surface area contributed by atoms with Crippen LogP contribution in [-0.4, -0.2) is 60.5 Å². The second kappa shape index (κ2) is 7.56. The highest BCUT2D eigenvalue weighted by Gasteiger charge is 2.54. The number of H-pyrrole nitrogens is 1. The van der Waals surface area contributed by atoms with Crippen LogP contribution in [0.5, 0.6) is 11.5 Å². The Morgan fingerprint density at radius 3 is 2.34 bits per heavy atom. The van der Waals surface area contributed by atoms with Crippen molar-refractivity contribution in [3.63, 3.8) is 0 Å². The molecule has 2 aliphatic rings. The summed E-state index contributed by atoms with van der Waals surface area (Å²) in [5, 5.41) is 0. The molecule has 0 atom stereocenters. The molecular formula is C24H27N5O3. The summed E-state index contributed by atoms with van der Waals surface area (Å²) in [6.45, 7) is 1.59. The monoisotopic (exact) mass is 433 g/mol. The van der Waals surface area contributed by atoms with Crippen LogP contribution in [-0.2, 0) is 4.79 Å². The van der Waals surface area contributed by atoms with Crippen molar-refractivity contribution in [2.45, 2.75) is 18.4 Å². The fourth-order valence-corrected chi connectivity index (χ4v) is 4.84. The van der Waals surface area contributed by atoms with Crippen LogP contribution in [0.4, 0.5) is 5.69 Å². The Labute approximate surface area is 186 Å². The number of nitrogens with one attached hydrogen (secondary N) is 1. The highest BCUT2D eigenvalue weighted by atomic mass is 16.5. The minimum absolute atomic E-state index is 0.00365. The Kier molecular flexibility index (Phi) is 4.82. The summed E-state index contributed by atoms with van der Waals surface area (Å²) < 4.78 is 11.0. The second-order valence-electron chi connectivity index (χ2n) is 8.43. The molecule has 1 spiro atoms. The third kappa shape index (κ3) is 3.02. The number of rotatable bonds is 4. The Morgan fingerprint density at radius 1 is 1.06 bits per heavy atom. The number of nitrogens with zero attached hydrogens (tertiary/aromatic N) is 3. The van der Waals surface area contributed by atoms with E-state index in [1.165, 1.54) is 0 Å². The molecule has 0 saturated carbocycles. The number of hydrogen-bond acceptors (Lipinski definition) is 7. The zero-order valence-corrected chi connectivity index (χ0v) is 18.5. The number of Topliss-reactive ketones (excluding diaryl/α,β-unsaturated/α-hetero) is 1. The minimum atomic E-state index is -0.776. The quantitative estimate of drug-likeness (QED) is 0.653. The molecule has 2 aliphatic heterocycles. The van der Waals surface area contributed by atoms with Crippen molar-refractivity contribution in [2.75, 3.05) is 39.3 Å². The van der Waals surface area contributed by atoms with E-state index in [-0.39, 0.29) is 5.78 Å². The number of imidazole rings is 1. The zero-order chi connectivity index (χ0) is 22.5. The first-order valence-corrected chi connectivity index (χ1v) is 10.7. The Balaban J connectivity index is 1.70. The SMILES string of the molecule is COc1cc(OC)cc(N2C(N)=C(c3nc4ccccc4[nH]3)C(=O)C23CCN(C)CC3)c1. The standard InChI is InChI=1S/C24H27N5O3/c1-28-10-8-24(9-11-28)21(30)20(23-26-18-6-4-5-7-19(18)27-23)22(25)29(24)15-12-16(31-2)14-17(13-15)32-3/h4-7,12-14H,8-11,25H2,1-3H3,(H,26,27). The van der Waals surface area contributed by atoms with Gasteiger partial charge in [-0.2, -0.15) is 0 Å². The summed E-state index contributed by atoms with van der Waals surface area (Å²) in [6, 6.07) is 13.3. The maximum absolute atomic E-state index is 14.0. The molecule has 166 valence electrons. The van der Waals surface area contributed by atoms with Crippen LogP contribution in [0.3, 0.4) is 0 Å². The fourth-order valence-electron chi connectivity index (χ4n) is 4.84. The third-order valence-electron chi connectivity index (χ3n) is 6.61. The van der Waals surface area contributed by atoms with Crippen molar-refractivity contribution < 1.29 is 14.3 Å². The summed E-state index contributed by atoms with van der Waals surface area (Å²) in [7, 11) is 5.29. The smallest absolute Gasteiger partial charge is 0.196 e. The molecule has 1 aromatic heterocycles. The maximum atomic E-state index is 14.0. The molecule has 0 amide bonds. The number of likely N-dealkylation sites (tertiary alicyclic amines) is 1. The number of anilines is 1. The highest BCUT2D eigenvalue weighted by molar-refractivity contribution is 6.30. The highest BCUT2D eigenvalue weighted by Crippen LogP contribution is 2.46. The molecule has 3 heterocycles. The van der Waals surface area contributed by atoms with Crippen LogP contribution >= 0.6 is 0 Å². The van der Waals surface area contributed by atoms with Crippen LogP contribution < -0.4 is 20.1 Å². The van der Waals surface area contributed by atoms with Gasteiger partial charge in [0.1, 0.15) is 34.3 Å². The van der Waals surface area contributed by atoms with Gasteiger partial charge in [-0.05, 0) is 32.0 Å². The first-order valence-electron chi connectivity index (χ1n) is 10.7. The van der Waals surface area contributed by atoms with Gasteiger partial charge in [-0.1, -0.05) is 12.1 Å². The molecule has 0 unspecified atom stereocenters. The van der Waals surface area contributed by atoms with Gasteiger partial charge in [-0.15, -0.1) is 0 Å². The van der Waals surface area contributed by atoms with Crippen LogP contribution in [0, 0.1) is 0 Å². The molecule has 8 nitrogen and oxygen atoms in total. The van der Waals surface area contributed by atoms with Crippen LogP contribution in [0.2, 0.25) is 0 Å². The number of para-hydroxylation sites is 2. The zero-order valence-electron chi connectivity index (χ0n) is 18.5. The predicted octanol–water partition coefficient (Wildman–Crippen LogP) is 2.76. The average molecular weight is 434 g/mol. The molecule has 1 saturated heterocycles. The number of ether oxygens (including phenoxy) is 2. The normalized spacial score (nSPS) is 18.7. The first-order chi connectivity index (χ1) is 15.5. The third-order valence-corrected chi connectivity index (χ3v) is 6.61. The van der Waals surface area contributed by atoms with Crippen molar-refractivity contribution in [3.8, 4) is 11.5 Å². The number of nitrogens with two attached hydrogens (primary N) is 1. The topological polar surface area (TPSA) is 96.7 Å². The van der Waals surface area contributed by atoms with E-state index in [2.05, 4.69) is 21.9 Å². The van der Waals surface area contributed by atoms with E-state index in [9.17, 15) is 4.79 Å². The summed E-state index contributed by atoms with van der Waals surface area (Å²) in [5.74, 6) is 2.18. The van der Waals surface area contributed by atoms with Crippen molar-refractivity contribution >= 4 is 28.1 Å². The molecule has 32 heavy (non-hydrogen) atoms. The van der Waals surface area contributed by atoms with Gasteiger partial charge in [0.05, 0.1) is 30.9 Å². The molecule has 5 rings (SSSR count). The number of benzene rings is 2. The number of carbonyl (C=O) groups excluding carboxylic acids is 1. The number of methoxy groups -OCH3 is 2. The van der Waals surface area contributed by atoms with Crippen molar-refractivity contribution in [2.24, 2.45) is 5.73 Å². The molecule has 0 radical (unpaired) electrons. The lowest BCUT2D eigenvalue weighted by Crippen LogP contribution is -2.56. The number of aromatic nitrogens is 2. The molecule has 0 bridgehead atoms. The number of hydrogen-bond donors (Lipinski definition) is 2. The average Bonchev–Trinajstić information content (AvgIpc) is 3.32. The Morgan fingerprint density at radius 2 is 1.72 bits per heavy atom. The van der Waals surface area contributed by atoms with Gasteiger partial charge in [0.2, 0.25) is 0 Å². The first kappa shape index (κ1) is 20.4. The summed E-state index contributed by atoms with van der Waals surface area (Å²) in [5.41, 5.74) is 8.85. The van der Waals surface area contributed by atoms with Gasteiger partial charge < -0.3 is 30.0 Å². The van der Waals surface area contributed by atoms with E-state index in [1.54, 1.807) is 14.2 Å². The van der Waals surface area contributed by atoms with Gasteiger partial charge in [0, 0.05) is 31.3 Å². The fraction of sp³-hybridized carbons (Fsp3) is 0.333. The van der Waals surface area contributed by atoms with E-state index in [4.69, 9.17) is 15.2 Å². The largest absolute Gasteiger partial charge is 0.497 e. The number of aromatic amines is 1. The summed E-state index contributed by atoms with van der Waals surface area (Å²) in [4.78, 5) is 26.2. The molecule has 3 aromatic rings. The van der Waals surface area contributed by atoms with Crippen molar-refractivity contribution in [3.05, 3.63) is 54.1 Å². The second-order valence-corrected chi connectivity index (χ2v) is 8.43. The lowest BCUT2D eigenvalue weighted by molar-refractivity contribution is -0.119. The maximum Gasteiger partial charge on any atom is 0.196 e. The van der Waals surface area contributed by atoms with E-state index >= 15 is 0 Å². The van der Waals surface area contributed by atoms with Gasteiger partial charge in [-0.3, -0.25) is 4.79 Å². The number of piperidine rings is 1. The molecule has 0 aliphatic carbocycles. The molecule has 1 fully saturated rings. The Hall–Kier alpha value is -3.52. The lowest BCUT2D eigenvalue weighted by Gasteiger charge is -2.44. The van der Waals surface area contributed by atoms with Gasteiger partial charge in [-0.25, -0.2) is 4.98 Å². The van der Waals surface area contributed by atoms with Gasteiger partial charge >= 0.3 is 0 Å². The van der Waals surface area contributed by atoms with Crippen LogP contribution in [0.1, 0.15) is 18.7 Å². The number of carbonyl (C=O) groups is 1. The van der Waals surface area contributed by atoms with E-state index in [0.717, 1.165) is 29.8 Å². The molecule has 3 N–H and O–H groups in total. The minimum Gasteiger partial charge on any atom is -0.497 e. The van der Waals surface area contributed by atoms with Gasteiger partial charge in [0.25, 0.3) is 0 Å². The number of fused-ring (bicyclic) bond motifs is 1. The Bertz CT molecular complexity index is 1170.